The molecule has 0 aromatic heterocycles. The van der Waals surface area contributed by atoms with Crippen LogP contribution in [0, 0.1) is 0 Å². The summed E-state index contributed by atoms with van der Waals surface area (Å²) in [5.41, 5.74) is 1.10. The molecule has 3 fully saturated rings. The maximum absolute atomic E-state index is 12.3. The van der Waals surface area contributed by atoms with Gasteiger partial charge in [0.05, 0.1) is 40.1 Å². The van der Waals surface area contributed by atoms with Crippen molar-refractivity contribution in [1.82, 2.24) is 0 Å². The summed E-state index contributed by atoms with van der Waals surface area (Å²) in [6.45, 7) is 1.95. The second-order valence-electron chi connectivity index (χ2n) is 13.9. The Hall–Kier alpha value is -4.13. The normalized spacial score (nSPS) is 35.1. The number of phenolic OH excluding ortho intramolecular Hbond substituents is 1. The van der Waals surface area contributed by atoms with Crippen molar-refractivity contribution in [1.29, 1.82) is 0 Å². The predicted molar refractivity (Wildman–Crippen MR) is 200 cm³/mol. The van der Waals surface area contributed by atoms with Gasteiger partial charge in [0.25, 0.3) is 0 Å². The number of aromatic hydroxyl groups is 1. The van der Waals surface area contributed by atoms with Crippen molar-refractivity contribution in [2.45, 2.75) is 106 Å². The topological polar surface area (TPSA) is 291 Å². The van der Waals surface area contributed by atoms with Crippen molar-refractivity contribution in [2.24, 2.45) is 0 Å². The van der Waals surface area contributed by atoms with Crippen LogP contribution in [-0.4, -0.2) is 179 Å². The summed E-state index contributed by atoms with van der Waals surface area (Å²) in [5.74, 6) is -0.348. The molecule has 3 aliphatic rings. The maximum atomic E-state index is 12.3. The Morgan fingerprint density at radius 2 is 1.22 bits per heavy atom. The smallest absolute Gasteiger partial charge is 0.331 e. The zero-order valence-electron chi connectivity index (χ0n) is 32.8. The van der Waals surface area contributed by atoms with Gasteiger partial charge in [0.15, 0.2) is 41.7 Å². The zero-order valence-corrected chi connectivity index (χ0v) is 32.8. The van der Waals surface area contributed by atoms with Crippen molar-refractivity contribution >= 4 is 18.1 Å². The van der Waals surface area contributed by atoms with Crippen LogP contribution in [0.5, 0.6) is 28.7 Å². The first-order valence-corrected chi connectivity index (χ1v) is 18.6. The van der Waals surface area contributed by atoms with E-state index < -0.39 is 105 Å². The molecule has 2 aromatic rings. The van der Waals surface area contributed by atoms with Crippen LogP contribution in [0.4, 0.5) is 0 Å². The Bertz CT molecular complexity index is 1730. The molecule has 5 rings (SSSR count). The van der Waals surface area contributed by atoms with Gasteiger partial charge in [0.2, 0.25) is 12.0 Å². The Morgan fingerprint density at radius 3 is 1.85 bits per heavy atom. The molecule has 0 amide bonds. The van der Waals surface area contributed by atoms with Gasteiger partial charge in [-0.05, 0) is 61.4 Å². The van der Waals surface area contributed by atoms with Gasteiger partial charge in [-0.2, -0.15) is 0 Å². The predicted octanol–water partition coefficient (Wildman–Crippen LogP) is -1.43. The number of ether oxygens (including phenoxy) is 10. The number of hydrogen-bond donors (Lipinski definition) is 9. The first-order valence-electron chi connectivity index (χ1n) is 18.6. The van der Waals surface area contributed by atoms with Crippen LogP contribution in [0.25, 0.3) is 12.2 Å². The van der Waals surface area contributed by atoms with Crippen molar-refractivity contribution in [3.8, 4) is 28.7 Å². The number of esters is 1. The molecule has 0 spiro atoms. The lowest BCUT2D eigenvalue weighted by Crippen LogP contribution is -2.66. The summed E-state index contributed by atoms with van der Waals surface area (Å²) in [7, 11) is 4.08. The van der Waals surface area contributed by atoms with Gasteiger partial charge >= 0.3 is 5.97 Å². The van der Waals surface area contributed by atoms with E-state index in [1.807, 2.05) is 0 Å². The maximum Gasteiger partial charge on any atom is 0.331 e. The van der Waals surface area contributed by atoms with E-state index in [2.05, 4.69) is 0 Å². The third-order valence-corrected chi connectivity index (χ3v) is 9.96. The third-order valence-electron chi connectivity index (χ3n) is 9.96. The number of carbonyl (C=O) groups excluding carboxylic acids is 1. The fourth-order valence-electron chi connectivity index (χ4n) is 6.54. The van der Waals surface area contributed by atoms with Gasteiger partial charge in [-0.3, -0.25) is 0 Å². The lowest BCUT2D eigenvalue weighted by atomic mass is 9.97. The minimum atomic E-state index is -1.84. The minimum Gasteiger partial charge on any atom is -0.504 e. The highest BCUT2D eigenvalue weighted by Crippen LogP contribution is 2.42. The molecule has 3 saturated heterocycles. The van der Waals surface area contributed by atoms with Crippen LogP contribution < -0.4 is 18.9 Å². The number of rotatable bonds is 15. The average molecular weight is 841 g/mol. The molecule has 20 nitrogen and oxygen atoms in total. The Balaban J connectivity index is 1.34. The highest BCUT2D eigenvalue weighted by atomic mass is 16.8. The minimum absolute atomic E-state index is 0.0441. The number of aliphatic hydroxyl groups excluding tert-OH is 8. The number of methoxy groups -OCH3 is 3. The summed E-state index contributed by atoms with van der Waals surface area (Å²) in [5, 5.41) is 94.8. The van der Waals surface area contributed by atoms with Crippen LogP contribution >= 0.6 is 0 Å². The molecule has 0 unspecified atom stereocenters. The van der Waals surface area contributed by atoms with Crippen LogP contribution in [-0.2, 0) is 33.2 Å². The molecule has 15 atom stereocenters. The van der Waals surface area contributed by atoms with E-state index in [9.17, 15) is 50.8 Å². The first-order chi connectivity index (χ1) is 28.1. The molecular formula is C39H52O20. The molecule has 2 aromatic carbocycles. The van der Waals surface area contributed by atoms with Gasteiger partial charge < -0.3 is 93.3 Å². The third kappa shape index (κ3) is 10.6. The largest absolute Gasteiger partial charge is 0.504 e. The molecule has 9 N–H and O–H groups in total. The van der Waals surface area contributed by atoms with Crippen molar-refractivity contribution in [3.63, 3.8) is 0 Å². The fraction of sp³-hybridized carbons (Fsp3) is 0.564. The highest BCUT2D eigenvalue weighted by molar-refractivity contribution is 5.87. The summed E-state index contributed by atoms with van der Waals surface area (Å²) in [4.78, 5) is 12.3. The van der Waals surface area contributed by atoms with E-state index >= 15 is 0 Å². The summed E-state index contributed by atoms with van der Waals surface area (Å²) < 4.78 is 56.7. The Labute approximate surface area is 338 Å². The molecule has 0 saturated carbocycles. The quantitative estimate of drug-likeness (QED) is 0.0734. The van der Waals surface area contributed by atoms with Crippen LogP contribution in [0.2, 0.25) is 0 Å². The molecule has 3 aliphatic heterocycles. The molecule has 59 heavy (non-hydrogen) atoms. The van der Waals surface area contributed by atoms with Crippen LogP contribution in [0.3, 0.4) is 0 Å². The number of aliphatic hydroxyl groups is 8. The first kappa shape index (κ1) is 45.9. The fourth-order valence-corrected chi connectivity index (χ4v) is 6.54. The SMILES string of the molecule is COc1cc(C=CC(=O)OCC=Cc2cc(OC)c(O[C@@H]3O[C@H](CO)[C@@H](O)[C@H](O)[C@H]3O[C@@H]3O[C@@H](C)[C@H](O)[C@@H](O)[C@H]3O[C@@H]3O[C@@H](C)[C@H](O)[C@@H](O)[C@H]3O)c(OC)c2)ccc1O. The summed E-state index contributed by atoms with van der Waals surface area (Å²) in [6, 6.07) is 7.65. The Morgan fingerprint density at radius 1 is 0.661 bits per heavy atom. The lowest BCUT2D eigenvalue weighted by Gasteiger charge is -2.48. The van der Waals surface area contributed by atoms with E-state index in [1.165, 1.54) is 65.5 Å². The van der Waals surface area contributed by atoms with Gasteiger partial charge in [-0.15, -0.1) is 0 Å². The number of carbonyl (C=O) groups is 1. The number of benzene rings is 2. The monoisotopic (exact) mass is 840 g/mol. The Kier molecular flexibility index (Phi) is 15.9. The van der Waals surface area contributed by atoms with Crippen LogP contribution in [0.15, 0.2) is 42.5 Å². The number of phenols is 1. The average Bonchev–Trinajstić information content (AvgIpc) is 3.23. The van der Waals surface area contributed by atoms with Crippen molar-refractivity contribution < 1.29 is 98.1 Å². The molecule has 3 heterocycles. The van der Waals surface area contributed by atoms with Crippen molar-refractivity contribution in [3.05, 3.63) is 53.6 Å². The zero-order chi connectivity index (χ0) is 43.1. The van der Waals surface area contributed by atoms with E-state index in [1.54, 1.807) is 24.3 Å². The molecule has 0 aliphatic carbocycles. The van der Waals surface area contributed by atoms with E-state index in [4.69, 9.17) is 47.4 Å². The molecule has 0 radical (unpaired) electrons. The standard InChI is InChI=1S/C39H52O20/c1-17-27(43)30(46)33(49)37(54-17)58-35-31(47)28(44)18(2)55-38(35)59-36-32(48)29(45)25(16-40)56-39(36)57-34-23(51-4)14-20(15-24(34)52-5)7-6-12-53-26(42)11-9-19-8-10-21(41)22(13-19)50-3/h6-11,13-15,17-18,25,27-33,35-41,43-49H,12,16H2,1-5H3/t17-,18-,25+,27-,28-,29+,30+,31+,32-,33+,35+,36+,37-,38-,39-/m0/s1. The lowest BCUT2D eigenvalue weighted by molar-refractivity contribution is -0.385. The van der Waals surface area contributed by atoms with E-state index in [0.29, 0.717) is 11.1 Å². The summed E-state index contributed by atoms with van der Waals surface area (Å²) >= 11 is 0. The molecule has 0 bridgehead atoms. The van der Waals surface area contributed by atoms with E-state index in [-0.39, 0.29) is 35.4 Å². The number of hydrogen-bond acceptors (Lipinski definition) is 20. The van der Waals surface area contributed by atoms with Gasteiger partial charge in [0, 0.05) is 6.08 Å². The highest BCUT2D eigenvalue weighted by Gasteiger charge is 2.54. The molecule has 20 heteroatoms. The van der Waals surface area contributed by atoms with Gasteiger partial charge in [0.1, 0.15) is 61.5 Å². The van der Waals surface area contributed by atoms with Gasteiger partial charge in [-0.25, -0.2) is 4.79 Å². The second-order valence-corrected chi connectivity index (χ2v) is 13.9. The summed E-state index contributed by atoms with van der Waals surface area (Å²) in [6.07, 6.45) is -17.9. The van der Waals surface area contributed by atoms with Gasteiger partial charge in [-0.1, -0.05) is 12.1 Å². The van der Waals surface area contributed by atoms with E-state index in [0.717, 1.165) is 0 Å². The van der Waals surface area contributed by atoms with Crippen molar-refractivity contribution in [2.75, 3.05) is 34.5 Å². The molecular weight excluding hydrogens is 788 g/mol. The second kappa shape index (κ2) is 20.4. The molecule has 328 valence electrons. The van der Waals surface area contributed by atoms with Crippen LogP contribution in [0.1, 0.15) is 25.0 Å².